The fourth-order valence-electron chi connectivity index (χ4n) is 2.57. The molecule has 0 aliphatic carbocycles. The molecule has 0 N–H and O–H groups in total. The molecule has 1 amide bonds. The first-order valence-corrected chi connectivity index (χ1v) is 8.88. The minimum Gasteiger partial charge on any atom is -0.493 e. The van der Waals surface area contributed by atoms with Crippen LogP contribution in [0.15, 0.2) is 72.9 Å². The first kappa shape index (κ1) is 19.2. The van der Waals surface area contributed by atoms with E-state index in [4.69, 9.17) is 14.2 Å². The number of methoxy groups -OCH3 is 1. The molecule has 144 valence electrons. The number of hydrogen-bond donors (Lipinski definition) is 0. The van der Waals surface area contributed by atoms with E-state index in [-0.39, 0.29) is 11.8 Å². The molecule has 6 nitrogen and oxygen atoms in total. The number of pyridine rings is 1. The number of nitrogens with zero attached hydrogens (tertiary/aromatic N) is 2. The molecule has 2 aromatic carbocycles. The number of hydrogen-bond acceptors (Lipinski definition) is 5. The largest absolute Gasteiger partial charge is 0.493 e. The lowest BCUT2D eigenvalue weighted by Gasteiger charge is -2.19. The molecular weight excluding hydrogens is 356 g/mol. The fraction of sp³-hybridized carbons (Fsp3) is 0.182. The minimum absolute atomic E-state index is 0.192. The second kappa shape index (κ2) is 9.41. The van der Waals surface area contributed by atoms with Gasteiger partial charge in [0.25, 0.3) is 5.91 Å². The number of aromatic nitrogens is 1. The number of amides is 1. The van der Waals surface area contributed by atoms with Gasteiger partial charge in [0, 0.05) is 13.2 Å². The predicted molar refractivity (Wildman–Crippen MR) is 106 cm³/mol. The van der Waals surface area contributed by atoms with Crippen LogP contribution in [0.5, 0.6) is 23.1 Å². The molecule has 0 unspecified atom stereocenters. The summed E-state index contributed by atoms with van der Waals surface area (Å²) in [6.45, 7) is 0.730. The van der Waals surface area contributed by atoms with Crippen molar-refractivity contribution < 1.29 is 19.0 Å². The SMILES string of the molecule is COc1ccccc1OCCN(C)C(=O)c1cccnc1Oc1ccccc1. The van der Waals surface area contributed by atoms with Crippen LogP contribution in [0.4, 0.5) is 0 Å². The van der Waals surface area contributed by atoms with Gasteiger partial charge >= 0.3 is 0 Å². The average Bonchev–Trinajstić information content (AvgIpc) is 2.74. The van der Waals surface area contributed by atoms with Crippen LogP contribution < -0.4 is 14.2 Å². The Morgan fingerprint density at radius 1 is 0.964 bits per heavy atom. The topological polar surface area (TPSA) is 60.9 Å². The lowest BCUT2D eigenvalue weighted by molar-refractivity contribution is 0.0770. The number of rotatable bonds is 8. The van der Waals surface area contributed by atoms with E-state index in [1.54, 1.807) is 37.4 Å². The van der Waals surface area contributed by atoms with Crippen molar-refractivity contribution in [1.29, 1.82) is 0 Å². The number of carbonyl (C=O) groups excluding carboxylic acids is 1. The second-order valence-corrected chi connectivity index (χ2v) is 6.00. The Balaban J connectivity index is 1.63. The van der Waals surface area contributed by atoms with Crippen molar-refractivity contribution in [3.05, 3.63) is 78.5 Å². The summed E-state index contributed by atoms with van der Waals surface area (Å²) < 4.78 is 16.8. The highest BCUT2D eigenvalue weighted by Crippen LogP contribution is 2.26. The molecule has 0 saturated carbocycles. The molecule has 0 spiro atoms. The van der Waals surface area contributed by atoms with Crippen molar-refractivity contribution in [3.8, 4) is 23.1 Å². The summed E-state index contributed by atoms with van der Waals surface area (Å²) in [7, 11) is 3.31. The van der Waals surface area contributed by atoms with E-state index in [0.717, 1.165) is 0 Å². The Bertz CT molecular complexity index is 915. The van der Waals surface area contributed by atoms with E-state index in [2.05, 4.69) is 4.98 Å². The molecule has 3 aromatic rings. The Morgan fingerprint density at radius 2 is 1.68 bits per heavy atom. The Kier molecular flexibility index (Phi) is 6.46. The van der Waals surface area contributed by atoms with Crippen molar-refractivity contribution in [2.24, 2.45) is 0 Å². The molecule has 1 aromatic heterocycles. The summed E-state index contributed by atoms with van der Waals surface area (Å²) in [5.74, 6) is 2.00. The standard InChI is InChI=1S/C22H22N2O4/c1-24(15-16-27-20-13-7-6-12-19(20)26-2)22(25)18-11-8-14-23-21(18)28-17-9-4-3-5-10-17/h3-14H,15-16H2,1-2H3. The fourth-order valence-corrected chi connectivity index (χ4v) is 2.57. The maximum Gasteiger partial charge on any atom is 0.259 e. The van der Waals surface area contributed by atoms with Crippen molar-refractivity contribution in [2.75, 3.05) is 27.3 Å². The lowest BCUT2D eigenvalue weighted by atomic mass is 10.2. The maximum absolute atomic E-state index is 12.8. The van der Waals surface area contributed by atoms with Crippen LogP contribution in [-0.2, 0) is 0 Å². The number of benzene rings is 2. The maximum atomic E-state index is 12.8. The summed E-state index contributed by atoms with van der Waals surface area (Å²) in [4.78, 5) is 18.6. The summed E-state index contributed by atoms with van der Waals surface area (Å²) in [5.41, 5.74) is 0.395. The van der Waals surface area contributed by atoms with Crippen molar-refractivity contribution in [2.45, 2.75) is 0 Å². The molecule has 6 heteroatoms. The van der Waals surface area contributed by atoms with Crippen LogP contribution in [0.3, 0.4) is 0 Å². The zero-order valence-corrected chi connectivity index (χ0v) is 15.9. The van der Waals surface area contributed by atoms with Crippen LogP contribution in [0.25, 0.3) is 0 Å². The summed E-state index contributed by atoms with van der Waals surface area (Å²) in [5, 5.41) is 0. The third kappa shape index (κ3) is 4.79. The quantitative estimate of drug-likeness (QED) is 0.592. The van der Waals surface area contributed by atoms with E-state index in [9.17, 15) is 4.79 Å². The zero-order chi connectivity index (χ0) is 19.8. The third-order valence-electron chi connectivity index (χ3n) is 4.06. The van der Waals surface area contributed by atoms with Crippen LogP contribution in [-0.4, -0.2) is 43.1 Å². The highest BCUT2D eigenvalue weighted by atomic mass is 16.5. The molecule has 0 saturated heterocycles. The molecule has 1 heterocycles. The van der Waals surface area contributed by atoms with Crippen LogP contribution in [0.1, 0.15) is 10.4 Å². The Labute approximate surface area is 164 Å². The van der Waals surface area contributed by atoms with Gasteiger partial charge in [0.2, 0.25) is 5.88 Å². The molecule has 0 fully saturated rings. The summed E-state index contributed by atoms with van der Waals surface area (Å²) in [6, 6.07) is 20.1. The van der Waals surface area contributed by atoms with Gasteiger partial charge in [-0.05, 0) is 36.4 Å². The molecule has 0 aliphatic rings. The number of carbonyl (C=O) groups is 1. The molecule has 28 heavy (non-hydrogen) atoms. The minimum atomic E-state index is -0.192. The number of likely N-dealkylation sites (N-methyl/N-ethyl adjacent to an activating group) is 1. The van der Waals surface area contributed by atoms with Gasteiger partial charge in [-0.25, -0.2) is 4.98 Å². The van der Waals surface area contributed by atoms with E-state index in [0.29, 0.717) is 36.0 Å². The van der Waals surface area contributed by atoms with E-state index in [1.165, 1.54) is 0 Å². The monoisotopic (exact) mass is 378 g/mol. The van der Waals surface area contributed by atoms with Crippen LogP contribution in [0.2, 0.25) is 0 Å². The molecule has 0 atom stereocenters. The van der Waals surface area contributed by atoms with Crippen molar-refractivity contribution in [3.63, 3.8) is 0 Å². The van der Waals surface area contributed by atoms with Gasteiger partial charge in [-0.1, -0.05) is 30.3 Å². The zero-order valence-electron chi connectivity index (χ0n) is 15.9. The van der Waals surface area contributed by atoms with E-state index < -0.39 is 0 Å². The number of ether oxygens (including phenoxy) is 3. The summed E-state index contributed by atoms with van der Waals surface area (Å²) >= 11 is 0. The smallest absolute Gasteiger partial charge is 0.259 e. The Hall–Kier alpha value is -3.54. The first-order valence-electron chi connectivity index (χ1n) is 8.88. The van der Waals surface area contributed by atoms with Gasteiger partial charge in [-0.3, -0.25) is 4.79 Å². The molecule has 0 radical (unpaired) electrons. The van der Waals surface area contributed by atoms with Gasteiger partial charge in [0.05, 0.1) is 13.7 Å². The van der Waals surface area contributed by atoms with Gasteiger partial charge in [0.1, 0.15) is 17.9 Å². The molecule has 3 rings (SSSR count). The van der Waals surface area contributed by atoms with Gasteiger partial charge in [0.15, 0.2) is 11.5 Å². The third-order valence-corrected chi connectivity index (χ3v) is 4.06. The van der Waals surface area contributed by atoms with Gasteiger partial charge < -0.3 is 19.1 Å². The first-order chi connectivity index (χ1) is 13.7. The summed E-state index contributed by atoms with van der Waals surface area (Å²) in [6.07, 6.45) is 1.60. The Morgan fingerprint density at radius 3 is 2.43 bits per heavy atom. The predicted octanol–water partition coefficient (Wildman–Crippen LogP) is 4.03. The lowest BCUT2D eigenvalue weighted by Crippen LogP contribution is -2.31. The van der Waals surface area contributed by atoms with Gasteiger partial charge in [-0.15, -0.1) is 0 Å². The van der Waals surface area contributed by atoms with Crippen molar-refractivity contribution in [1.82, 2.24) is 9.88 Å². The highest BCUT2D eigenvalue weighted by molar-refractivity contribution is 5.96. The van der Waals surface area contributed by atoms with Gasteiger partial charge in [-0.2, -0.15) is 0 Å². The second-order valence-electron chi connectivity index (χ2n) is 6.00. The molecule has 0 bridgehead atoms. The normalized spacial score (nSPS) is 10.2. The number of para-hydroxylation sites is 3. The van der Waals surface area contributed by atoms with Crippen LogP contribution >= 0.6 is 0 Å². The van der Waals surface area contributed by atoms with E-state index in [1.807, 2.05) is 54.6 Å². The molecule has 0 aliphatic heterocycles. The highest BCUT2D eigenvalue weighted by Gasteiger charge is 2.18. The molecular formula is C22H22N2O4. The van der Waals surface area contributed by atoms with Crippen LogP contribution in [0, 0.1) is 0 Å². The average molecular weight is 378 g/mol. The van der Waals surface area contributed by atoms with Crippen molar-refractivity contribution >= 4 is 5.91 Å². The van der Waals surface area contributed by atoms with E-state index >= 15 is 0 Å².